The van der Waals surface area contributed by atoms with E-state index < -0.39 is 0 Å². The maximum absolute atomic E-state index is 11.6. The molecule has 0 N–H and O–H groups in total. The Labute approximate surface area is 92.7 Å². The molecule has 0 aromatic carbocycles. The summed E-state index contributed by atoms with van der Waals surface area (Å²) < 4.78 is 10.5. The highest BCUT2D eigenvalue weighted by Crippen LogP contribution is 2.16. The van der Waals surface area contributed by atoms with Gasteiger partial charge in [-0.25, -0.2) is 0 Å². The molecule has 0 aromatic rings. The zero-order valence-electron chi connectivity index (χ0n) is 8.53. The van der Waals surface area contributed by atoms with E-state index in [0.717, 1.165) is 0 Å². The van der Waals surface area contributed by atoms with Crippen molar-refractivity contribution in [2.45, 2.75) is 18.6 Å². The normalized spacial score (nSPS) is 26.9. The van der Waals surface area contributed by atoms with Gasteiger partial charge in [0, 0.05) is 39.1 Å². The lowest BCUT2D eigenvalue weighted by atomic mass is 10.3. The molecule has 1 aliphatic heterocycles. The van der Waals surface area contributed by atoms with Crippen molar-refractivity contribution >= 4 is 21.8 Å². The van der Waals surface area contributed by atoms with Gasteiger partial charge in [0.25, 0.3) is 0 Å². The van der Waals surface area contributed by atoms with E-state index in [1.165, 1.54) is 0 Å². The quantitative estimate of drug-likeness (QED) is 0.701. The van der Waals surface area contributed by atoms with Crippen LogP contribution in [0.2, 0.25) is 0 Å². The lowest BCUT2D eigenvalue weighted by Crippen LogP contribution is -2.30. The molecule has 0 saturated carbocycles. The molecule has 14 heavy (non-hydrogen) atoms. The average Bonchev–Trinajstić information content (AvgIpc) is 2.61. The minimum absolute atomic E-state index is 0.0132. The molecular weight excluding hydrogens is 250 g/mol. The maximum atomic E-state index is 11.6. The lowest BCUT2D eigenvalue weighted by molar-refractivity contribution is -0.130. The summed E-state index contributed by atoms with van der Waals surface area (Å²) in [5.74, 6) is 0.156. The minimum Gasteiger partial charge on any atom is -0.377 e. The van der Waals surface area contributed by atoms with Crippen LogP contribution in [-0.4, -0.2) is 55.7 Å². The van der Waals surface area contributed by atoms with Crippen LogP contribution in [0.5, 0.6) is 0 Å². The molecule has 1 fully saturated rings. The SMILES string of the molecule is COC1CN(C(=O)CCBr)CC1OC. The van der Waals surface area contributed by atoms with Gasteiger partial charge in [-0.1, -0.05) is 15.9 Å². The van der Waals surface area contributed by atoms with Crippen LogP contribution in [0.4, 0.5) is 0 Å². The van der Waals surface area contributed by atoms with Crippen LogP contribution in [0.1, 0.15) is 6.42 Å². The fourth-order valence-corrected chi connectivity index (χ4v) is 1.98. The van der Waals surface area contributed by atoms with Crippen molar-refractivity contribution in [3.05, 3.63) is 0 Å². The van der Waals surface area contributed by atoms with E-state index in [4.69, 9.17) is 9.47 Å². The fourth-order valence-electron chi connectivity index (χ4n) is 1.64. The van der Waals surface area contributed by atoms with E-state index in [1.807, 2.05) is 0 Å². The molecule has 1 saturated heterocycles. The molecule has 2 atom stereocenters. The molecule has 1 amide bonds. The molecule has 0 aliphatic carbocycles. The molecule has 1 rings (SSSR count). The van der Waals surface area contributed by atoms with Gasteiger partial charge in [-0.15, -0.1) is 0 Å². The molecule has 1 heterocycles. The minimum atomic E-state index is 0.0132. The van der Waals surface area contributed by atoms with Gasteiger partial charge in [-0.3, -0.25) is 4.79 Å². The number of ether oxygens (including phenoxy) is 2. The summed E-state index contributed by atoms with van der Waals surface area (Å²) in [4.78, 5) is 13.3. The molecule has 82 valence electrons. The van der Waals surface area contributed by atoms with Crippen LogP contribution in [0.3, 0.4) is 0 Å². The third kappa shape index (κ3) is 2.68. The van der Waals surface area contributed by atoms with Crippen LogP contribution >= 0.6 is 15.9 Å². The number of amides is 1. The molecular formula is C9H16BrNO3. The first-order valence-corrected chi connectivity index (χ1v) is 5.74. The van der Waals surface area contributed by atoms with E-state index in [1.54, 1.807) is 19.1 Å². The van der Waals surface area contributed by atoms with Gasteiger partial charge in [-0.2, -0.15) is 0 Å². The Morgan fingerprint density at radius 3 is 2.21 bits per heavy atom. The van der Waals surface area contributed by atoms with Crippen molar-refractivity contribution in [3.63, 3.8) is 0 Å². The molecule has 5 heteroatoms. The van der Waals surface area contributed by atoms with Crippen LogP contribution in [0.15, 0.2) is 0 Å². The monoisotopic (exact) mass is 265 g/mol. The van der Waals surface area contributed by atoms with Crippen molar-refractivity contribution in [1.82, 2.24) is 4.90 Å². The van der Waals surface area contributed by atoms with Crippen molar-refractivity contribution < 1.29 is 14.3 Å². The Bertz CT molecular complexity index is 188. The van der Waals surface area contributed by atoms with Crippen LogP contribution in [-0.2, 0) is 14.3 Å². The summed E-state index contributed by atoms with van der Waals surface area (Å²) in [5.41, 5.74) is 0. The Hall–Kier alpha value is -0.130. The topological polar surface area (TPSA) is 38.8 Å². The summed E-state index contributed by atoms with van der Waals surface area (Å²) in [5, 5.41) is 0.706. The lowest BCUT2D eigenvalue weighted by Gasteiger charge is -2.14. The number of nitrogens with zero attached hydrogens (tertiary/aromatic N) is 1. The van der Waals surface area contributed by atoms with Crippen LogP contribution in [0.25, 0.3) is 0 Å². The molecule has 2 unspecified atom stereocenters. The van der Waals surface area contributed by atoms with E-state index in [9.17, 15) is 4.79 Å². The van der Waals surface area contributed by atoms with Crippen molar-refractivity contribution in [2.75, 3.05) is 32.6 Å². The van der Waals surface area contributed by atoms with Gasteiger partial charge < -0.3 is 14.4 Å². The van der Waals surface area contributed by atoms with E-state index in [2.05, 4.69) is 15.9 Å². The van der Waals surface area contributed by atoms with Crippen LogP contribution in [0, 0.1) is 0 Å². The smallest absolute Gasteiger partial charge is 0.223 e. The number of methoxy groups -OCH3 is 2. The number of halogens is 1. The number of hydrogen-bond donors (Lipinski definition) is 0. The fraction of sp³-hybridized carbons (Fsp3) is 0.889. The first-order chi connectivity index (χ1) is 6.72. The number of likely N-dealkylation sites (tertiary alicyclic amines) is 1. The van der Waals surface area contributed by atoms with Gasteiger partial charge in [0.1, 0.15) is 12.2 Å². The molecule has 1 aliphatic rings. The predicted molar refractivity (Wildman–Crippen MR) is 56.6 cm³/mol. The highest BCUT2D eigenvalue weighted by molar-refractivity contribution is 9.09. The molecule has 4 nitrogen and oxygen atoms in total. The second-order valence-corrected chi connectivity index (χ2v) is 4.08. The van der Waals surface area contributed by atoms with Gasteiger partial charge in [0.05, 0.1) is 0 Å². The van der Waals surface area contributed by atoms with Gasteiger partial charge in [0.2, 0.25) is 5.91 Å². The number of carbonyl (C=O) groups excluding carboxylic acids is 1. The zero-order chi connectivity index (χ0) is 10.6. The summed E-state index contributed by atoms with van der Waals surface area (Å²) in [7, 11) is 3.30. The number of rotatable bonds is 4. The molecule has 0 radical (unpaired) electrons. The predicted octanol–water partition coefficient (Wildman–Crippen LogP) is 0.644. The van der Waals surface area contributed by atoms with Crippen molar-refractivity contribution in [1.29, 1.82) is 0 Å². The highest BCUT2D eigenvalue weighted by atomic mass is 79.9. The second-order valence-electron chi connectivity index (χ2n) is 3.29. The van der Waals surface area contributed by atoms with E-state index in [-0.39, 0.29) is 18.1 Å². The third-order valence-corrected chi connectivity index (χ3v) is 2.88. The largest absolute Gasteiger partial charge is 0.377 e. The van der Waals surface area contributed by atoms with Gasteiger partial charge in [-0.05, 0) is 0 Å². The van der Waals surface area contributed by atoms with Gasteiger partial charge >= 0.3 is 0 Å². The molecule has 0 bridgehead atoms. The summed E-state index contributed by atoms with van der Waals surface area (Å²) >= 11 is 3.25. The summed E-state index contributed by atoms with van der Waals surface area (Å²) in [6, 6.07) is 0. The molecule has 0 aromatic heterocycles. The van der Waals surface area contributed by atoms with E-state index >= 15 is 0 Å². The van der Waals surface area contributed by atoms with Crippen molar-refractivity contribution in [2.24, 2.45) is 0 Å². The Balaban J connectivity index is 2.48. The highest BCUT2D eigenvalue weighted by Gasteiger charge is 2.34. The van der Waals surface area contributed by atoms with Crippen molar-refractivity contribution in [3.8, 4) is 0 Å². The Morgan fingerprint density at radius 1 is 1.36 bits per heavy atom. The number of hydrogen-bond acceptors (Lipinski definition) is 3. The third-order valence-electron chi connectivity index (χ3n) is 2.48. The first-order valence-electron chi connectivity index (χ1n) is 4.62. The summed E-state index contributed by atoms with van der Waals surface area (Å²) in [6.45, 7) is 1.28. The number of alkyl halides is 1. The zero-order valence-corrected chi connectivity index (χ0v) is 10.1. The Morgan fingerprint density at radius 2 is 1.86 bits per heavy atom. The average molecular weight is 266 g/mol. The maximum Gasteiger partial charge on any atom is 0.223 e. The van der Waals surface area contributed by atoms with Gasteiger partial charge in [0.15, 0.2) is 0 Å². The first kappa shape index (κ1) is 11.9. The molecule has 0 spiro atoms. The van der Waals surface area contributed by atoms with E-state index in [0.29, 0.717) is 24.8 Å². The Kier molecular flexibility index (Phi) is 4.84. The standard InChI is InChI=1S/C9H16BrNO3/c1-13-7-5-11(6-8(7)14-2)9(12)3-4-10/h7-8H,3-6H2,1-2H3. The van der Waals surface area contributed by atoms with Crippen LogP contribution < -0.4 is 0 Å². The summed E-state index contributed by atoms with van der Waals surface area (Å²) in [6.07, 6.45) is 0.561. The second kappa shape index (κ2) is 5.68. The number of carbonyl (C=O) groups is 1.